The molecule has 3 heteroatoms. The van der Waals surface area contributed by atoms with Crippen LogP contribution in [0.15, 0.2) is 48.8 Å². The highest BCUT2D eigenvalue weighted by atomic mass is 15.2. The molecule has 3 N–H and O–H groups in total. The molecule has 0 fully saturated rings. The Kier molecular flexibility index (Phi) is 5.07. The number of aromatic nitrogens is 1. The number of benzene rings is 1. The molecule has 3 nitrogen and oxygen atoms in total. The van der Waals surface area contributed by atoms with E-state index in [-0.39, 0.29) is 0 Å². The van der Waals surface area contributed by atoms with Crippen molar-refractivity contribution in [1.82, 2.24) is 10.4 Å². The molecule has 2 rings (SSSR count). The fourth-order valence-corrected chi connectivity index (χ4v) is 2.26. The quantitative estimate of drug-likeness (QED) is 0.615. The summed E-state index contributed by atoms with van der Waals surface area (Å²) in [6.07, 6.45) is 6.67. The molecule has 100 valence electrons. The molecule has 0 aliphatic carbocycles. The molecular formula is C16H21N3. The molecule has 1 unspecified atom stereocenters. The summed E-state index contributed by atoms with van der Waals surface area (Å²) in [4.78, 5) is 4.03. The monoisotopic (exact) mass is 255 g/mol. The fourth-order valence-electron chi connectivity index (χ4n) is 2.26. The molecule has 1 aromatic heterocycles. The average Bonchev–Trinajstić information content (AvgIpc) is 2.44. The van der Waals surface area contributed by atoms with Gasteiger partial charge in [0.1, 0.15) is 0 Å². The van der Waals surface area contributed by atoms with E-state index in [9.17, 15) is 0 Å². The molecule has 0 amide bonds. The van der Waals surface area contributed by atoms with Gasteiger partial charge in [-0.25, -0.2) is 0 Å². The lowest BCUT2D eigenvalue weighted by Gasteiger charge is -2.16. The lowest BCUT2D eigenvalue weighted by atomic mass is 9.99. The van der Waals surface area contributed by atoms with Gasteiger partial charge in [-0.3, -0.25) is 16.3 Å². The number of hydrogen-bond donors (Lipinski definition) is 2. The lowest BCUT2D eigenvalue weighted by molar-refractivity contribution is 0.491. The Labute approximate surface area is 114 Å². The first kappa shape index (κ1) is 13.7. The van der Waals surface area contributed by atoms with Gasteiger partial charge in [0.25, 0.3) is 0 Å². The summed E-state index contributed by atoms with van der Waals surface area (Å²) in [5.41, 5.74) is 6.85. The highest BCUT2D eigenvalue weighted by molar-refractivity contribution is 5.23. The zero-order chi connectivity index (χ0) is 13.5. The van der Waals surface area contributed by atoms with Gasteiger partial charge in [0.05, 0.1) is 0 Å². The molecule has 1 heterocycles. The molecule has 0 bridgehead atoms. The Morgan fingerprint density at radius 1 is 1.16 bits per heavy atom. The summed E-state index contributed by atoms with van der Waals surface area (Å²) >= 11 is 0. The standard InChI is InChI=1S/C16H21N3/c1-13-3-2-4-15(11-13)12-16(19-17)6-5-14-7-9-18-10-8-14/h2-4,7-11,16,19H,5-6,12,17H2,1H3. The minimum absolute atomic E-state index is 0.301. The van der Waals surface area contributed by atoms with E-state index in [1.54, 1.807) is 0 Å². The van der Waals surface area contributed by atoms with Crippen molar-refractivity contribution in [2.24, 2.45) is 5.84 Å². The van der Waals surface area contributed by atoms with Gasteiger partial charge in [0.2, 0.25) is 0 Å². The van der Waals surface area contributed by atoms with Gasteiger partial charge >= 0.3 is 0 Å². The predicted molar refractivity (Wildman–Crippen MR) is 78.6 cm³/mol. The van der Waals surface area contributed by atoms with Crippen molar-refractivity contribution in [2.45, 2.75) is 32.2 Å². The van der Waals surface area contributed by atoms with Crippen molar-refractivity contribution in [3.63, 3.8) is 0 Å². The molecule has 2 aromatic rings. The van der Waals surface area contributed by atoms with Crippen molar-refractivity contribution >= 4 is 0 Å². The molecule has 0 saturated heterocycles. The van der Waals surface area contributed by atoms with Crippen molar-refractivity contribution in [3.05, 3.63) is 65.5 Å². The molecule has 1 atom stereocenters. The van der Waals surface area contributed by atoms with Crippen LogP contribution < -0.4 is 11.3 Å². The fraction of sp³-hybridized carbons (Fsp3) is 0.312. The zero-order valence-electron chi connectivity index (χ0n) is 11.3. The Morgan fingerprint density at radius 2 is 1.95 bits per heavy atom. The highest BCUT2D eigenvalue weighted by Gasteiger charge is 2.08. The molecular weight excluding hydrogens is 234 g/mol. The molecule has 0 aliphatic rings. The van der Waals surface area contributed by atoms with Gasteiger partial charge < -0.3 is 0 Å². The van der Waals surface area contributed by atoms with Crippen LogP contribution in [0, 0.1) is 6.92 Å². The number of nitrogens with zero attached hydrogens (tertiary/aromatic N) is 1. The number of hydrazine groups is 1. The van der Waals surface area contributed by atoms with E-state index in [1.165, 1.54) is 16.7 Å². The maximum Gasteiger partial charge on any atom is 0.0270 e. The SMILES string of the molecule is Cc1cccc(CC(CCc2ccncc2)NN)c1. The van der Waals surface area contributed by atoms with E-state index >= 15 is 0 Å². The van der Waals surface area contributed by atoms with Gasteiger partial charge in [0.15, 0.2) is 0 Å². The van der Waals surface area contributed by atoms with E-state index in [4.69, 9.17) is 5.84 Å². The molecule has 0 spiro atoms. The van der Waals surface area contributed by atoms with Crippen LogP contribution in [0.25, 0.3) is 0 Å². The van der Waals surface area contributed by atoms with Crippen LogP contribution in [0.3, 0.4) is 0 Å². The third-order valence-electron chi connectivity index (χ3n) is 3.33. The molecule has 0 saturated carbocycles. The second-order valence-electron chi connectivity index (χ2n) is 4.95. The number of pyridine rings is 1. The molecule has 0 aliphatic heterocycles. The summed E-state index contributed by atoms with van der Waals surface area (Å²) in [5.74, 6) is 5.66. The van der Waals surface area contributed by atoms with Gasteiger partial charge in [-0.1, -0.05) is 29.8 Å². The third kappa shape index (κ3) is 4.47. The van der Waals surface area contributed by atoms with Crippen LogP contribution in [0.5, 0.6) is 0 Å². The average molecular weight is 255 g/mol. The van der Waals surface area contributed by atoms with Crippen molar-refractivity contribution in [3.8, 4) is 0 Å². The minimum atomic E-state index is 0.301. The number of aryl methyl sites for hydroxylation is 2. The van der Waals surface area contributed by atoms with Gasteiger partial charge in [-0.15, -0.1) is 0 Å². The molecule has 0 radical (unpaired) electrons. The van der Waals surface area contributed by atoms with E-state index in [0.717, 1.165) is 19.3 Å². The summed E-state index contributed by atoms with van der Waals surface area (Å²) in [5, 5.41) is 0. The first-order valence-corrected chi connectivity index (χ1v) is 6.68. The summed E-state index contributed by atoms with van der Waals surface area (Å²) in [6, 6.07) is 13.0. The number of rotatable bonds is 6. The van der Waals surface area contributed by atoms with Crippen LogP contribution in [-0.2, 0) is 12.8 Å². The topological polar surface area (TPSA) is 50.9 Å². The Balaban J connectivity index is 1.90. The normalized spacial score (nSPS) is 12.3. The van der Waals surface area contributed by atoms with E-state index in [0.29, 0.717) is 6.04 Å². The van der Waals surface area contributed by atoms with E-state index in [2.05, 4.69) is 53.7 Å². The lowest BCUT2D eigenvalue weighted by Crippen LogP contribution is -2.37. The van der Waals surface area contributed by atoms with Crippen molar-refractivity contribution < 1.29 is 0 Å². The summed E-state index contributed by atoms with van der Waals surface area (Å²) in [7, 11) is 0. The summed E-state index contributed by atoms with van der Waals surface area (Å²) < 4.78 is 0. The van der Waals surface area contributed by atoms with Crippen LogP contribution in [0.4, 0.5) is 0 Å². The predicted octanol–water partition coefficient (Wildman–Crippen LogP) is 2.40. The van der Waals surface area contributed by atoms with Crippen molar-refractivity contribution in [2.75, 3.05) is 0 Å². The Hall–Kier alpha value is -1.71. The highest BCUT2D eigenvalue weighted by Crippen LogP contribution is 2.10. The van der Waals surface area contributed by atoms with Gasteiger partial charge in [-0.05, 0) is 49.4 Å². The molecule has 1 aromatic carbocycles. The van der Waals surface area contributed by atoms with Crippen molar-refractivity contribution in [1.29, 1.82) is 0 Å². The van der Waals surface area contributed by atoms with E-state index < -0.39 is 0 Å². The number of hydrogen-bond acceptors (Lipinski definition) is 3. The first-order chi connectivity index (χ1) is 9.28. The van der Waals surface area contributed by atoms with Crippen LogP contribution in [0.2, 0.25) is 0 Å². The number of nitrogens with two attached hydrogens (primary N) is 1. The number of nitrogens with one attached hydrogen (secondary N) is 1. The maximum absolute atomic E-state index is 5.66. The Morgan fingerprint density at radius 3 is 2.63 bits per heavy atom. The molecule has 19 heavy (non-hydrogen) atoms. The minimum Gasteiger partial charge on any atom is -0.271 e. The largest absolute Gasteiger partial charge is 0.271 e. The van der Waals surface area contributed by atoms with E-state index in [1.807, 2.05) is 12.4 Å². The van der Waals surface area contributed by atoms with Crippen LogP contribution >= 0.6 is 0 Å². The maximum atomic E-state index is 5.66. The Bertz CT molecular complexity index is 496. The van der Waals surface area contributed by atoms with Gasteiger partial charge in [0, 0.05) is 18.4 Å². The second kappa shape index (κ2) is 7.02. The third-order valence-corrected chi connectivity index (χ3v) is 3.33. The van der Waals surface area contributed by atoms with Crippen LogP contribution in [-0.4, -0.2) is 11.0 Å². The second-order valence-corrected chi connectivity index (χ2v) is 4.95. The first-order valence-electron chi connectivity index (χ1n) is 6.68. The van der Waals surface area contributed by atoms with Gasteiger partial charge in [-0.2, -0.15) is 0 Å². The van der Waals surface area contributed by atoms with Crippen LogP contribution in [0.1, 0.15) is 23.1 Å². The smallest absolute Gasteiger partial charge is 0.0270 e. The summed E-state index contributed by atoms with van der Waals surface area (Å²) in [6.45, 7) is 2.12. The zero-order valence-corrected chi connectivity index (χ0v) is 11.3.